The Hall–Kier alpha value is -1.18. The number of nitrogens with two attached hydrogens (primary N) is 1. The maximum Gasteiger partial charge on any atom is 0.0602 e. The third kappa shape index (κ3) is 2.58. The number of nitrogen functional groups attached to an aromatic ring is 1. The zero-order chi connectivity index (χ0) is 13.3. The van der Waals surface area contributed by atoms with E-state index in [-0.39, 0.29) is 0 Å². The Labute approximate surface area is 117 Å². The topological polar surface area (TPSA) is 29.3 Å². The summed E-state index contributed by atoms with van der Waals surface area (Å²) in [6.45, 7) is 4.52. The minimum absolute atomic E-state index is 0.674. The number of anilines is 2. The Morgan fingerprint density at radius 1 is 1.00 bits per heavy atom. The minimum Gasteiger partial charge on any atom is -0.397 e. The molecular weight excluding hydrogens is 232 g/mol. The number of hydrogen-bond donors (Lipinski definition) is 1. The molecule has 0 unspecified atom stereocenters. The second-order valence-electron chi connectivity index (χ2n) is 6.61. The highest BCUT2D eigenvalue weighted by Gasteiger charge is 2.35. The fraction of sp³-hybridized carbons (Fsp3) is 0.647. The first-order valence-electron chi connectivity index (χ1n) is 7.80. The number of piperidine rings is 1. The van der Waals surface area contributed by atoms with Gasteiger partial charge in [0.1, 0.15) is 0 Å². The molecule has 1 aliphatic heterocycles. The lowest BCUT2D eigenvalue weighted by Crippen LogP contribution is -2.41. The van der Waals surface area contributed by atoms with Crippen LogP contribution in [0.4, 0.5) is 11.4 Å². The minimum atomic E-state index is 0.674. The van der Waals surface area contributed by atoms with Crippen molar-refractivity contribution in [3.05, 3.63) is 23.8 Å². The second-order valence-corrected chi connectivity index (χ2v) is 6.61. The molecule has 0 radical (unpaired) electrons. The van der Waals surface area contributed by atoms with Crippen LogP contribution in [0.2, 0.25) is 0 Å². The molecule has 1 saturated heterocycles. The zero-order valence-electron chi connectivity index (χ0n) is 12.1. The van der Waals surface area contributed by atoms with E-state index in [4.69, 9.17) is 5.73 Å². The van der Waals surface area contributed by atoms with Crippen molar-refractivity contribution in [1.29, 1.82) is 0 Å². The third-order valence-electron chi connectivity index (χ3n) is 5.26. The molecule has 19 heavy (non-hydrogen) atoms. The third-order valence-corrected chi connectivity index (χ3v) is 5.26. The molecule has 1 saturated carbocycles. The van der Waals surface area contributed by atoms with Crippen LogP contribution in [0.1, 0.15) is 50.5 Å². The molecule has 2 heteroatoms. The van der Waals surface area contributed by atoms with Crippen molar-refractivity contribution in [1.82, 2.24) is 0 Å². The van der Waals surface area contributed by atoms with Crippen molar-refractivity contribution in [2.45, 2.75) is 51.9 Å². The summed E-state index contributed by atoms with van der Waals surface area (Å²) in [7, 11) is 0. The quantitative estimate of drug-likeness (QED) is 0.767. The predicted molar refractivity (Wildman–Crippen MR) is 82.6 cm³/mol. The van der Waals surface area contributed by atoms with Gasteiger partial charge in [-0.2, -0.15) is 0 Å². The number of rotatable bonds is 1. The Morgan fingerprint density at radius 3 is 2.37 bits per heavy atom. The van der Waals surface area contributed by atoms with E-state index in [1.165, 1.54) is 69.3 Å². The highest BCUT2D eigenvalue weighted by atomic mass is 15.1. The molecule has 1 heterocycles. The van der Waals surface area contributed by atoms with Gasteiger partial charge in [0, 0.05) is 13.1 Å². The summed E-state index contributed by atoms with van der Waals surface area (Å²) in [6.07, 6.45) is 10.0. The summed E-state index contributed by atoms with van der Waals surface area (Å²) in [4.78, 5) is 2.50. The van der Waals surface area contributed by atoms with Crippen molar-refractivity contribution in [3.63, 3.8) is 0 Å². The smallest absolute Gasteiger partial charge is 0.0602 e. The largest absolute Gasteiger partial charge is 0.397 e. The molecule has 0 amide bonds. The van der Waals surface area contributed by atoms with Gasteiger partial charge in [-0.05, 0) is 55.7 Å². The number of hydrogen-bond acceptors (Lipinski definition) is 2. The molecule has 2 fully saturated rings. The molecule has 0 bridgehead atoms. The highest BCUT2D eigenvalue weighted by Crippen LogP contribution is 2.45. The van der Waals surface area contributed by atoms with Crippen molar-refractivity contribution >= 4 is 11.4 Å². The van der Waals surface area contributed by atoms with E-state index in [9.17, 15) is 0 Å². The van der Waals surface area contributed by atoms with Crippen LogP contribution in [0.3, 0.4) is 0 Å². The van der Waals surface area contributed by atoms with Crippen molar-refractivity contribution in [2.24, 2.45) is 5.41 Å². The molecule has 2 nitrogen and oxygen atoms in total. The average molecular weight is 258 g/mol. The van der Waals surface area contributed by atoms with Crippen LogP contribution in [0.5, 0.6) is 0 Å². The predicted octanol–water partition coefficient (Wildman–Crippen LogP) is 4.13. The maximum atomic E-state index is 6.15. The monoisotopic (exact) mass is 258 g/mol. The first-order valence-corrected chi connectivity index (χ1v) is 7.80. The molecule has 0 aromatic heterocycles. The molecule has 1 aromatic carbocycles. The molecule has 0 atom stereocenters. The number of nitrogens with zero attached hydrogens (tertiary/aromatic N) is 1. The summed E-state index contributed by atoms with van der Waals surface area (Å²) in [5, 5.41) is 0. The Balaban J connectivity index is 1.71. The Kier molecular flexibility index (Phi) is 3.42. The van der Waals surface area contributed by atoms with Crippen LogP contribution in [0.25, 0.3) is 0 Å². The van der Waals surface area contributed by atoms with Gasteiger partial charge in [0.25, 0.3) is 0 Å². The zero-order valence-corrected chi connectivity index (χ0v) is 12.1. The van der Waals surface area contributed by atoms with Crippen LogP contribution >= 0.6 is 0 Å². The van der Waals surface area contributed by atoms with Crippen LogP contribution in [0, 0.1) is 12.3 Å². The summed E-state index contributed by atoms with van der Waals surface area (Å²) >= 11 is 0. The van der Waals surface area contributed by atoms with E-state index < -0.39 is 0 Å². The van der Waals surface area contributed by atoms with E-state index in [1.807, 2.05) is 0 Å². The van der Waals surface area contributed by atoms with Gasteiger partial charge in [0.15, 0.2) is 0 Å². The summed E-state index contributed by atoms with van der Waals surface area (Å²) in [5.74, 6) is 0. The lowest BCUT2D eigenvalue weighted by atomic mass is 9.68. The van der Waals surface area contributed by atoms with Gasteiger partial charge in [-0.25, -0.2) is 0 Å². The van der Waals surface area contributed by atoms with E-state index in [0.717, 1.165) is 5.69 Å². The van der Waals surface area contributed by atoms with E-state index >= 15 is 0 Å². The average Bonchev–Trinajstić information content (AvgIpc) is 2.44. The second kappa shape index (κ2) is 5.07. The lowest BCUT2D eigenvalue weighted by molar-refractivity contribution is 0.144. The first kappa shape index (κ1) is 12.8. The molecule has 104 valence electrons. The Bertz CT molecular complexity index is 437. The molecule has 2 N–H and O–H groups in total. The van der Waals surface area contributed by atoms with Crippen molar-refractivity contribution in [2.75, 3.05) is 23.7 Å². The summed E-state index contributed by atoms with van der Waals surface area (Å²) < 4.78 is 0. The van der Waals surface area contributed by atoms with Gasteiger partial charge < -0.3 is 10.6 Å². The maximum absolute atomic E-state index is 6.15. The van der Waals surface area contributed by atoms with Crippen molar-refractivity contribution < 1.29 is 0 Å². The first-order chi connectivity index (χ1) is 9.19. The molecule has 1 spiro atoms. The van der Waals surface area contributed by atoms with E-state index in [2.05, 4.69) is 30.0 Å². The van der Waals surface area contributed by atoms with Gasteiger partial charge in [-0.1, -0.05) is 25.3 Å². The van der Waals surface area contributed by atoms with Gasteiger partial charge >= 0.3 is 0 Å². The Morgan fingerprint density at radius 2 is 1.68 bits per heavy atom. The lowest BCUT2D eigenvalue weighted by Gasteiger charge is -2.45. The number of aryl methyl sites for hydroxylation is 1. The number of benzene rings is 1. The van der Waals surface area contributed by atoms with E-state index in [0.29, 0.717) is 5.41 Å². The molecule has 1 aliphatic carbocycles. The normalized spacial score (nSPS) is 22.7. The molecule has 2 aliphatic rings. The molecule has 1 aromatic rings. The molecular formula is C17H26N2. The van der Waals surface area contributed by atoms with Gasteiger partial charge in [0.05, 0.1) is 11.4 Å². The standard InChI is InChI=1S/C17H26N2/c1-14-5-6-15(18)16(13-14)19-11-9-17(10-12-19)7-3-2-4-8-17/h5-6,13H,2-4,7-12,18H2,1H3. The van der Waals surface area contributed by atoms with E-state index in [1.54, 1.807) is 0 Å². The van der Waals surface area contributed by atoms with Crippen LogP contribution in [0.15, 0.2) is 18.2 Å². The van der Waals surface area contributed by atoms with Gasteiger partial charge in [-0.15, -0.1) is 0 Å². The van der Waals surface area contributed by atoms with Gasteiger partial charge in [0.2, 0.25) is 0 Å². The van der Waals surface area contributed by atoms with Crippen LogP contribution in [-0.2, 0) is 0 Å². The fourth-order valence-electron chi connectivity index (χ4n) is 3.95. The summed E-state index contributed by atoms with van der Waals surface area (Å²) in [5.41, 5.74) is 10.3. The highest BCUT2D eigenvalue weighted by molar-refractivity contribution is 5.68. The van der Waals surface area contributed by atoms with Crippen LogP contribution < -0.4 is 10.6 Å². The van der Waals surface area contributed by atoms with Crippen molar-refractivity contribution in [3.8, 4) is 0 Å². The fourth-order valence-corrected chi connectivity index (χ4v) is 3.95. The van der Waals surface area contributed by atoms with Crippen LogP contribution in [-0.4, -0.2) is 13.1 Å². The SMILES string of the molecule is Cc1ccc(N)c(N2CCC3(CCCCC3)CC2)c1. The summed E-state index contributed by atoms with van der Waals surface area (Å²) in [6, 6.07) is 6.40. The van der Waals surface area contributed by atoms with Gasteiger partial charge in [-0.3, -0.25) is 0 Å². The molecule has 3 rings (SSSR count).